The molecule has 1 aromatic carbocycles. The van der Waals surface area contributed by atoms with Crippen LogP contribution >= 0.6 is 11.6 Å². The van der Waals surface area contributed by atoms with Crippen molar-refractivity contribution in [1.29, 1.82) is 0 Å². The molecule has 5 rings (SSSR count). The van der Waals surface area contributed by atoms with Gasteiger partial charge in [0.2, 0.25) is 0 Å². The second-order valence-corrected chi connectivity index (χ2v) is 11.6. The molecule has 2 fully saturated rings. The monoisotopic (exact) mass is 546 g/mol. The minimum atomic E-state index is -1.54. The number of carbonyl (C=O) groups is 2. The van der Waals surface area contributed by atoms with Crippen LogP contribution in [-0.4, -0.2) is 59.8 Å². The van der Waals surface area contributed by atoms with Gasteiger partial charge in [-0.2, -0.15) is 0 Å². The first kappa shape index (κ1) is 27.1. The molecule has 0 amide bonds. The third-order valence-electron chi connectivity index (χ3n) is 8.99. The van der Waals surface area contributed by atoms with E-state index in [1.54, 1.807) is 32.2 Å². The van der Waals surface area contributed by atoms with E-state index in [0.717, 1.165) is 12.0 Å². The zero-order valence-corrected chi connectivity index (χ0v) is 22.8. The standard InChI is InChI=1S/C28H35ClN2O7/c1-14(2)17-10-9-16(4)28(35)19(17)11-15(3)23(36-13-32)24(28)37-25(33)21-12-27(34)18-7-6-8-20(29)22(18)31(5)38-26(27)30-21/h6-8,11,13,16-17,19,21,23-24,26,30,34-35H,1,9-10,12H2,2-5H3/t16-,17+,19+,21+,23-,24+,26-,27-,28-/m1/s1. The lowest BCUT2D eigenvalue weighted by Crippen LogP contribution is -2.65. The fourth-order valence-electron chi connectivity index (χ4n) is 6.94. The first-order chi connectivity index (χ1) is 17.9. The number of halogens is 1. The largest absolute Gasteiger partial charge is 0.456 e. The predicted octanol–water partition coefficient (Wildman–Crippen LogP) is 2.98. The highest BCUT2D eigenvalue weighted by molar-refractivity contribution is 6.33. The Morgan fingerprint density at radius 2 is 2.08 bits per heavy atom. The Kier molecular flexibility index (Phi) is 6.89. The molecule has 1 aromatic rings. The van der Waals surface area contributed by atoms with Crippen molar-refractivity contribution in [3.05, 3.63) is 52.6 Å². The molecule has 1 saturated carbocycles. The Hall–Kier alpha value is -2.43. The smallest absolute Gasteiger partial charge is 0.323 e. The molecule has 10 heteroatoms. The third kappa shape index (κ3) is 3.98. The molecule has 2 heterocycles. The van der Waals surface area contributed by atoms with Crippen molar-refractivity contribution >= 4 is 29.7 Å². The summed E-state index contributed by atoms with van der Waals surface area (Å²) in [4.78, 5) is 31.0. The van der Waals surface area contributed by atoms with Gasteiger partial charge in [-0.1, -0.05) is 48.9 Å². The van der Waals surface area contributed by atoms with Crippen LogP contribution < -0.4 is 10.4 Å². The molecule has 3 N–H and O–H groups in total. The van der Waals surface area contributed by atoms with Crippen LogP contribution in [0.4, 0.5) is 5.69 Å². The van der Waals surface area contributed by atoms with Crippen molar-refractivity contribution in [2.45, 2.75) is 75.7 Å². The number of ether oxygens (including phenoxy) is 2. The molecule has 4 aliphatic rings. The quantitative estimate of drug-likeness (QED) is 0.291. The van der Waals surface area contributed by atoms with Crippen molar-refractivity contribution in [3.8, 4) is 0 Å². The minimum absolute atomic E-state index is 0.0112. The molecule has 9 atom stereocenters. The summed E-state index contributed by atoms with van der Waals surface area (Å²) in [7, 11) is 1.67. The molecule has 0 bridgehead atoms. The third-order valence-corrected chi connectivity index (χ3v) is 9.29. The van der Waals surface area contributed by atoms with E-state index in [2.05, 4.69) is 11.9 Å². The summed E-state index contributed by atoms with van der Waals surface area (Å²) in [5.41, 5.74) is -0.329. The molecule has 1 saturated heterocycles. The maximum Gasteiger partial charge on any atom is 0.323 e. The molecule has 9 nitrogen and oxygen atoms in total. The van der Waals surface area contributed by atoms with Crippen molar-refractivity contribution < 1.29 is 34.1 Å². The van der Waals surface area contributed by atoms with Crippen LogP contribution in [0, 0.1) is 17.8 Å². The number of esters is 1. The lowest BCUT2D eigenvalue weighted by atomic mass is 9.56. The molecule has 206 valence electrons. The van der Waals surface area contributed by atoms with Crippen LogP contribution in [-0.2, 0) is 29.5 Å². The summed E-state index contributed by atoms with van der Waals surface area (Å²) < 4.78 is 11.5. The highest BCUT2D eigenvalue weighted by Gasteiger charge is 2.61. The average molecular weight is 547 g/mol. The van der Waals surface area contributed by atoms with Gasteiger partial charge in [-0.05, 0) is 50.2 Å². The van der Waals surface area contributed by atoms with E-state index in [-0.39, 0.29) is 24.2 Å². The number of hydroxylamine groups is 1. The van der Waals surface area contributed by atoms with Crippen LogP contribution in [0.3, 0.4) is 0 Å². The number of benzene rings is 1. The van der Waals surface area contributed by atoms with Gasteiger partial charge in [0, 0.05) is 24.9 Å². The molecule has 0 unspecified atom stereocenters. The Morgan fingerprint density at radius 3 is 2.76 bits per heavy atom. The Bertz CT molecular complexity index is 1190. The highest BCUT2D eigenvalue weighted by Crippen LogP contribution is 2.52. The fraction of sp³-hybridized carbons (Fsp3) is 0.571. The number of rotatable bonds is 5. The van der Waals surface area contributed by atoms with E-state index < -0.39 is 41.6 Å². The molecule has 2 aliphatic carbocycles. The predicted molar refractivity (Wildman–Crippen MR) is 140 cm³/mol. The van der Waals surface area contributed by atoms with E-state index >= 15 is 0 Å². The number of nitrogens with zero attached hydrogens (tertiary/aromatic N) is 1. The Morgan fingerprint density at radius 1 is 1.34 bits per heavy atom. The SMILES string of the molecule is C=C(C)[C@@H]1CC[C@@H](C)[C@@]2(O)[C@H]1C=C(C)[C@@H](OC=O)[C@@H]2OC(=O)[C@@H]1C[C@@]2(O)c3cccc(Cl)c3N(C)O[C@H]2N1. The summed E-state index contributed by atoms with van der Waals surface area (Å²) in [6.07, 6.45) is 0.421. The average Bonchev–Trinajstić information content (AvgIpc) is 3.21. The Balaban J connectivity index is 1.46. The molecule has 0 aromatic heterocycles. The molecule has 0 radical (unpaired) electrons. The zero-order chi connectivity index (χ0) is 27.6. The van der Waals surface area contributed by atoms with E-state index in [4.69, 9.17) is 25.9 Å². The number of hydrogen-bond donors (Lipinski definition) is 3. The van der Waals surface area contributed by atoms with Gasteiger partial charge in [0.1, 0.15) is 17.2 Å². The number of fused-ring (bicyclic) bond motifs is 4. The lowest BCUT2D eigenvalue weighted by molar-refractivity contribution is -0.219. The van der Waals surface area contributed by atoms with Gasteiger partial charge in [-0.3, -0.25) is 24.8 Å². The van der Waals surface area contributed by atoms with E-state index in [1.165, 1.54) is 5.06 Å². The van der Waals surface area contributed by atoms with Gasteiger partial charge in [0.05, 0.1) is 10.7 Å². The van der Waals surface area contributed by atoms with E-state index in [0.29, 0.717) is 34.7 Å². The summed E-state index contributed by atoms with van der Waals surface area (Å²) in [5, 5.41) is 28.8. The van der Waals surface area contributed by atoms with Gasteiger partial charge in [-0.15, -0.1) is 0 Å². The normalized spacial score (nSPS) is 39.8. The van der Waals surface area contributed by atoms with Gasteiger partial charge < -0.3 is 19.7 Å². The van der Waals surface area contributed by atoms with Gasteiger partial charge >= 0.3 is 5.97 Å². The van der Waals surface area contributed by atoms with Crippen LogP contribution in [0.15, 0.2) is 42.0 Å². The molecular weight excluding hydrogens is 512 g/mol. The number of para-hydroxylation sites is 1. The summed E-state index contributed by atoms with van der Waals surface area (Å²) in [6, 6.07) is 4.23. The van der Waals surface area contributed by atoms with Crippen LogP contribution in [0.25, 0.3) is 0 Å². The van der Waals surface area contributed by atoms with Crippen molar-refractivity contribution in [2.75, 3.05) is 12.1 Å². The van der Waals surface area contributed by atoms with Crippen LogP contribution in [0.1, 0.15) is 45.6 Å². The first-order valence-electron chi connectivity index (χ1n) is 13.0. The van der Waals surface area contributed by atoms with Crippen LogP contribution in [0.2, 0.25) is 5.02 Å². The van der Waals surface area contributed by atoms with Crippen molar-refractivity contribution in [1.82, 2.24) is 5.32 Å². The first-order valence-corrected chi connectivity index (χ1v) is 13.3. The topological polar surface area (TPSA) is 118 Å². The number of allylic oxidation sites excluding steroid dienone is 1. The number of hydrogen-bond acceptors (Lipinski definition) is 9. The zero-order valence-electron chi connectivity index (χ0n) is 22.0. The van der Waals surface area contributed by atoms with Gasteiger partial charge in [0.15, 0.2) is 18.4 Å². The molecule has 0 spiro atoms. The summed E-state index contributed by atoms with van der Waals surface area (Å²) in [6.45, 7) is 10.1. The Labute approximate surface area is 227 Å². The highest BCUT2D eigenvalue weighted by atomic mass is 35.5. The maximum atomic E-state index is 13.7. The maximum absolute atomic E-state index is 13.7. The minimum Gasteiger partial charge on any atom is -0.456 e. The number of carbonyl (C=O) groups excluding carboxylic acids is 2. The fourth-order valence-corrected chi connectivity index (χ4v) is 7.23. The van der Waals surface area contributed by atoms with Crippen molar-refractivity contribution in [3.63, 3.8) is 0 Å². The van der Waals surface area contributed by atoms with Crippen molar-refractivity contribution in [2.24, 2.45) is 17.8 Å². The number of anilines is 1. The lowest BCUT2D eigenvalue weighted by Gasteiger charge is -2.55. The van der Waals surface area contributed by atoms with Gasteiger partial charge in [-0.25, -0.2) is 0 Å². The number of nitrogens with one attached hydrogen (secondary N) is 1. The number of aliphatic hydroxyl groups is 2. The summed E-state index contributed by atoms with van der Waals surface area (Å²) in [5.74, 6) is -1.29. The molecular formula is C28H35ClN2O7. The second-order valence-electron chi connectivity index (χ2n) is 11.2. The summed E-state index contributed by atoms with van der Waals surface area (Å²) >= 11 is 6.38. The van der Waals surface area contributed by atoms with E-state index in [9.17, 15) is 19.8 Å². The molecule has 38 heavy (non-hydrogen) atoms. The van der Waals surface area contributed by atoms with Crippen LogP contribution in [0.5, 0.6) is 0 Å². The van der Waals surface area contributed by atoms with Gasteiger partial charge in [0.25, 0.3) is 6.47 Å². The second kappa shape index (κ2) is 9.64. The molecule has 2 aliphatic heterocycles. The van der Waals surface area contributed by atoms with E-state index in [1.807, 2.05) is 19.9 Å².